The van der Waals surface area contributed by atoms with Crippen LogP contribution in [0, 0.1) is 0 Å². The summed E-state index contributed by atoms with van der Waals surface area (Å²) >= 11 is 0. The van der Waals surface area contributed by atoms with Crippen LogP contribution in [0.15, 0.2) is 0 Å². The zero-order valence-electron chi connectivity index (χ0n) is 9.97. The Morgan fingerprint density at radius 3 is 2.47 bits per heavy atom. The Labute approximate surface area is 98.0 Å². The second-order valence-corrected chi connectivity index (χ2v) is 4.51. The third-order valence-corrected chi connectivity index (χ3v) is 2.14. The minimum absolute atomic E-state index is 0.0645. The molecule has 8 heteroatoms. The molecule has 0 aromatic carbocycles. The van der Waals surface area contributed by atoms with Gasteiger partial charge in [0.15, 0.2) is 0 Å². The van der Waals surface area contributed by atoms with Crippen molar-refractivity contribution in [1.82, 2.24) is 25.5 Å². The lowest BCUT2D eigenvalue weighted by molar-refractivity contribution is -0.137. The number of carboxylic acid groups (broad SMARTS) is 1. The number of aliphatic carboxylic acids is 1. The fourth-order valence-corrected chi connectivity index (χ4v) is 1.32. The minimum Gasteiger partial charge on any atom is -0.481 e. The van der Waals surface area contributed by atoms with E-state index in [2.05, 4.69) is 20.6 Å². The summed E-state index contributed by atoms with van der Waals surface area (Å²) in [6, 6.07) is 0. The average molecular weight is 241 g/mol. The van der Waals surface area contributed by atoms with E-state index in [-0.39, 0.29) is 18.8 Å². The van der Waals surface area contributed by atoms with Crippen molar-refractivity contribution in [2.24, 2.45) is 0 Å². The molecule has 0 radical (unpaired) electrons. The Morgan fingerprint density at radius 1 is 1.41 bits per heavy atom. The van der Waals surface area contributed by atoms with Gasteiger partial charge in [-0.3, -0.25) is 9.59 Å². The highest BCUT2D eigenvalue weighted by molar-refractivity contribution is 5.90. The number of nitrogens with zero attached hydrogens (tertiary/aromatic N) is 4. The predicted octanol–water partition coefficient (Wildman–Crippen LogP) is -0.0849. The Morgan fingerprint density at radius 2 is 2.06 bits per heavy atom. The second-order valence-electron chi connectivity index (χ2n) is 4.51. The Bertz CT molecular complexity index is 395. The van der Waals surface area contributed by atoms with E-state index in [0.29, 0.717) is 0 Å². The van der Waals surface area contributed by atoms with Crippen molar-refractivity contribution in [3.05, 3.63) is 5.82 Å². The Balaban J connectivity index is 2.84. The molecule has 0 bridgehead atoms. The fourth-order valence-electron chi connectivity index (χ4n) is 1.32. The van der Waals surface area contributed by atoms with E-state index in [1.807, 2.05) is 20.8 Å². The number of hydrogen-bond donors (Lipinski definition) is 2. The van der Waals surface area contributed by atoms with E-state index in [1.54, 1.807) is 0 Å². The molecule has 8 nitrogen and oxygen atoms in total. The van der Waals surface area contributed by atoms with Gasteiger partial charge >= 0.3 is 5.97 Å². The van der Waals surface area contributed by atoms with Crippen molar-refractivity contribution in [1.29, 1.82) is 0 Å². The summed E-state index contributed by atoms with van der Waals surface area (Å²) in [5.41, 5.74) is -0.507. The standard InChI is InChI=1S/C9H15N5O3/c1-9(2,3)14(5-4-6(15)16)8(17)7-10-12-13-11-7/h4-5H2,1-3H3,(H,15,16)(H,10,11,12,13). The number of nitrogens with one attached hydrogen (secondary N) is 1. The molecule has 0 aliphatic heterocycles. The van der Waals surface area contributed by atoms with E-state index in [4.69, 9.17) is 5.11 Å². The largest absolute Gasteiger partial charge is 0.481 e. The van der Waals surface area contributed by atoms with E-state index < -0.39 is 17.4 Å². The number of tetrazole rings is 1. The van der Waals surface area contributed by atoms with Crippen LogP contribution in [0.25, 0.3) is 0 Å². The normalized spacial score (nSPS) is 11.2. The molecule has 0 saturated heterocycles. The number of carbonyl (C=O) groups excluding carboxylic acids is 1. The summed E-state index contributed by atoms with van der Waals surface area (Å²) in [5, 5.41) is 21.3. The second kappa shape index (κ2) is 4.89. The SMILES string of the molecule is CC(C)(C)N(CCC(=O)O)C(=O)c1nn[nH]n1. The molecule has 0 fully saturated rings. The minimum atomic E-state index is -0.958. The van der Waals surface area contributed by atoms with E-state index >= 15 is 0 Å². The lowest BCUT2D eigenvalue weighted by Gasteiger charge is -2.34. The number of aromatic nitrogens is 4. The molecule has 2 N–H and O–H groups in total. The Kier molecular flexibility index (Phi) is 3.77. The van der Waals surface area contributed by atoms with Gasteiger partial charge in [-0.05, 0) is 26.0 Å². The predicted molar refractivity (Wildman–Crippen MR) is 57.2 cm³/mol. The molecule has 0 unspecified atom stereocenters. The number of rotatable bonds is 4. The maximum absolute atomic E-state index is 12.0. The van der Waals surface area contributed by atoms with Gasteiger partial charge in [-0.25, -0.2) is 0 Å². The molecule has 1 amide bonds. The number of H-pyrrole nitrogens is 1. The summed E-state index contributed by atoms with van der Waals surface area (Å²) < 4.78 is 0. The zero-order chi connectivity index (χ0) is 13.1. The van der Waals surface area contributed by atoms with Gasteiger partial charge in [0, 0.05) is 12.1 Å². The molecule has 0 aliphatic rings. The first kappa shape index (κ1) is 13.1. The van der Waals surface area contributed by atoms with Crippen molar-refractivity contribution in [3.63, 3.8) is 0 Å². The van der Waals surface area contributed by atoms with Crippen LogP contribution in [-0.2, 0) is 4.79 Å². The molecule has 0 atom stereocenters. The smallest absolute Gasteiger partial charge is 0.305 e. The first-order valence-electron chi connectivity index (χ1n) is 5.09. The first-order valence-corrected chi connectivity index (χ1v) is 5.09. The molecule has 1 aromatic rings. The summed E-state index contributed by atoms with van der Waals surface area (Å²) in [5.74, 6) is -1.46. The van der Waals surface area contributed by atoms with Gasteiger partial charge in [0.1, 0.15) is 0 Å². The molecular weight excluding hydrogens is 226 g/mol. The van der Waals surface area contributed by atoms with Gasteiger partial charge in [0.25, 0.3) is 11.7 Å². The van der Waals surface area contributed by atoms with Gasteiger partial charge < -0.3 is 10.0 Å². The lowest BCUT2D eigenvalue weighted by Crippen LogP contribution is -2.47. The van der Waals surface area contributed by atoms with Crippen LogP contribution in [0.3, 0.4) is 0 Å². The topological polar surface area (TPSA) is 112 Å². The van der Waals surface area contributed by atoms with Crippen molar-refractivity contribution in [2.75, 3.05) is 6.54 Å². The fraction of sp³-hybridized carbons (Fsp3) is 0.667. The van der Waals surface area contributed by atoms with Crippen molar-refractivity contribution >= 4 is 11.9 Å². The van der Waals surface area contributed by atoms with Gasteiger partial charge in [-0.1, -0.05) is 0 Å². The van der Waals surface area contributed by atoms with Crippen LogP contribution in [-0.4, -0.2) is 54.6 Å². The van der Waals surface area contributed by atoms with Crippen LogP contribution < -0.4 is 0 Å². The summed E-state index contributed by atoms with van der Waals surface area (Å²) in [6.07, 6.45) is -0.124. The van der Waals surface area contributed by atoms with Crippen molar-refractivity contribution in [2.45, 2.75) is 32.7 Å². The molecular formula is C9H15N5O3. The highest BCUT2D eigenvalue weighted by atomic mass is 16.4. The first-order chi connectivity index (χ1) is 7.82. The molecule has 0 saturated carbocycles. The molecule has 17 heavy (non-hydrogen) atoms. The number of aromatic amines is 1. The van der Waals surface area contributed by atoms with Crippen LogP contribution >= 0.6 is 0 Å². The van der Waals surface area contributed by atoms with E-state index in [1.165, 1.54) is 4.90 Å². The average Bonchev–Trinajstić information content (AvgIpc) is 2.67. The molecule has 0 aliphatic carbocycles. The van der Waals surface area contributed by atoms with Crippen molar-refractivity contribution in [3.8, 4) is 0 Å². The zero-order valence-corrected chi connectivity index (χ0v) is 9.97. The monoisotopic (exact) mass is 241 g/mol. The van der Waals surface area contributed by atoms with Gasteiger partial charge in [0.05, 0.1) is 6.42 Å². The maximum Gasteiger partial charge on any atom is 0.305 e. The number of carbonyl (C=O) groups is 2. The summed E-state index contributed by atoms with van der Waals surface area (Å²) in [6.45, 7) is 5.54. The van der Waals surface area contributed by atoms with Gasteiger partial charge in [-0.15, -0.1) is 10.2 Å². The van der Waals surface area contributed by atoms with Crippen LogP contribution in [0.1, 0.15) is 37.8 Å². The molecule has 94 valence electrons. The van der Waals surface area contributed by atoms with Crippen LogP contribution in [0.5, 0.6) is 0 Å². The van der Waals surface area contributed by atoms with E-state index in [9.17, 15) is 9.59 Å². The number of hydrogen-bond acceptors (Lipinski definition) is 5. The number of carboxylic acids is 1. The Hall–Kier alpha value is -1.99. The maximum atomic E-state index is 12.0. The number of amides is 1. The highest BCUT2D eigenvalue weighted by Crippen LogP contribution is 2.15. The van der Waals surface area contributed by atoms with Crippen LogP contribution in [0.4, 0.5) is 0 Å². The molecule has 0 spiro atoms. The highest BCUT2D eigenvalue weighted by Gasteiger charge is 2.29. The van der Waals surface area contributed by atoms with Crippen molar-refractivity contribution < 1.29 is 14.7 Å². The van der Waals surface area contributed by atoms with Gasteiger partial charge in [0.2, 0.25) is 0 Å². The quantitative estimate of drug-likeness (QED) is 0.762. The lowest BCUT2D eigenvalue weighted by atomic mass is 10.1. The molecule has 1 rings (SSSR count). The third-order valence-electron chi connectivity index (χ3n) is 2.14. The molecule has 1 heterocycles. The van der Waals surface area contributed by atoms with E-state index in [0.717, 1.165) is 0 Å². The van der Waals surface area contributed by atoms with Crippen LogP contribution in [0.2, 0.25) is 0 Å². The van der Waals surface area contributed by atoms with Gasteiger partial charge in [-0.2, -0.15) is 5.21 Å². The summed E-state index contributed by atoms with van der Waals surface area (Å²) in [4.78, 5) is 24.0. The molecule has 1 aromatic heterocycles. The third kappa shape index (κ3) is 3.51. The summed E-state index contributed by atoms with van der Waals surface area (Å²) in [7, 11) is 0.